The molecular formula is C15H17BrN2O2. The molecule has 5 heteroatoms. The van der Waals surface area contributed by atoms with Gasteiger partial charge in [0.15, 0.2) is 0 Å². The monoisotopic (exact) mass is 336 g/mol. The number of fused-ring (bicyclic) bond motifs is 1. The lowest BCUT2D eigenvalue weighted by molar-refractivity contribution is 0.0936. The first-order chi connectivity index (χ1) is 9.51. The van der Waals surface area contributed by atoms with Crippen LogP contribution >= 0.6 is 15.9 Å². The molecule has 1 heterocycles. The number of aromatic nitrogens is 1. The van der Waals surface area contributed by atoms with E-state index in [0.29, 0.717) is 12.0 Å². The second kappa shape index (κ2) is 6.33. The zero-order chi connectivity index (χ0) is 14.7. The molecule has 0 saturated heterocycles. The van der Waals surface area contributed by atoms with Crippen LogP contribution in [0.4, 0.5) is 0 Å². The molecule has 1 atom stereocenters. The molecule has 0 bridgehead atoms. The first-order valence-corrected chi connectivity index (χ1v) is 7.29. The van der Waals surface area contributed by atoms with Gasteiger partial charge in [-0.05, 0) is 44.5 Å². The number of nitrogens with zero attached hydrogens (tertiary/aromatic N) is 1. The molecule has 0 radical (unpaired) electrons. The summed E-state index contributed by atoms with van der Waals surface area (Å²) < 4.78 is 0.910. The number of pyridine rings is 1. The number of nitrogens with one attached hydrogen (secondary N) is 1. The lowest BCUT2D eigenvalue weighted by Crippen LogP contribution is -2.33. The number of aliphatic hydroxyl groups excluding tert-OH is 1. The summed E-state index contributed by atoms with van der Waals surface area (Å²) in [7, 11) is 0. The SMILES string of the molecule is Cc1cc(C(=O)NC(C)CCO)c2cc(Br)ccc2n1. The second-order valence-corrected chi connectivity index (χ2v) is 5.78. The number of amides is 1. The van der Waals surface area contributed by atoms with Gasteiger partial charge in [-0.3, -0.25) is 9.78 Å². The van der Waals surface area contributed by atoms with Crippen molar-refractivity contribution in [2.24, 2.45) is 0 Å². The maximum Gasteiger partial charge on any atom is 0.252 e. The predicted octanol–water partition coefficient (Wildman–Crippen LogP) is 2.81. The van der Waals surface area contributed by atoms with Crippen molar-refractivity contribution < 1.29 is 9.90 Å². The molecule has 0 saturated carbocycles. The molecule has 4 nitrogen and oxygen atoms in total. The number of carbonyl (C=O) groups excluding carboxylic acids is 1. The minimum absolute atomic E-state index is 0.0586. The Kier molecular flexibility index (Phi) is 4.73. The lowest BCUT2D eigenvalue weighted by atomic mass is 10.1. The molecule has 2 aromatic rings. The number of aryl methyl sites for hydroxylation is 1. The average molecular weight is 337 g/mol. The summed E-state index contributed by atoms with van der Waals surface area (Å²) in [4.78, 5) is 16.8. The maximum atomic E-state index is 12.4. The Morgan fingerprint density at radius 1 is 1.45 bits per heavy atom. The van der Waals surface area contributed by atoms with E-state index >= 15 is 0 Å². The van der Waals surface area contributed by atoms with Gasteiger partial charge in [-0.1, -0.05) is 15.9 Å². The highest BCUT2D eigenvalue weighted by molar-refractivity contribution is 9.10. The highest BCUT2D eigenvalue weighted by atomic mass is 79.9. The lowest BCUT2D eigenvalue weighted by Gasteiger charge is -2.14. The van der Waals surface area contributed by atoms with E-state index in [4.69, 9.17) is 5.11 Å². The molecule has 0 aliphatic heterocycles. The van der Waals surface area contributed by atoms with Gasteiger partial charge in [-0.25, -0.2) is 0 Å². The van der Waals surface area contributed by atoms with Crippen LogP contribution in [-0.4, -0.2) is 28.6 Å². The Bertz CT molecular complexity index is 643. The molecule has 0 aliphatic rings. The summed E-state index contributed by atoms with van der Waals surface area (Å²) in [5.41, 5.74) is 2.21. The zero-order valence-electron chi connectivity index (χ0n) is 11.5. The van der Waals surface area contributed by atoms with Crippen LogP contribution in [0.2, 0.25) is 0 Å². The minimum atomic E-state index is -0.139. The molecule has 20 heavy (non-hydrogen) atoms. The summed E-state index contributed by atoms with van der Waals surface area (Å²) >= 11 is 3.42. The van der Waals surface area contributed by atoms with Gasteiger partial charge in [0, 0.05) is 28.2 Å². The van der Waals surface area contributed by atoms with Crippen LogP contribution < -0.4 is 5.32 Å². The van der Waals surface area contributed by atoms with E-state index in [1.165, 1.54) is 0 Å². The van der Waals surface area contributed by atoms with E-state index in [1.807, 2.05) is 32.0 Å². The molecule has 2 rings (SSSR count). The summed E-state index contributed by atoms with van der Waals surface area (Å²) in [5, 5.41) is 12.6. The van der Waals surface area contributed by atoms with Gasteiger partial charge in [0.2, 0.25) is 0 Å². The summed E-state index contributed by atoms with van der Waals surface area (Å²) in [6.07, 6.45) is 0.539. The van der Waals surface area contributed by atoms with Crippen molar-refractivity contribution in [1.82, 2.24) is 10.3 Å². The van der Waals surface area contributed by atoms with Gasteiger partial charge in [0.1, 0.15) is 0 Å². The van der Waals surface area contributed by atoms with Crippen molar-refractivity contribution in [1.29, 1.82) is 0 Å². The van der Waals surface area contributed by atoms with E-state index in [9.17, 15) is 4.79 Å². The van der Waals surface area contributed by atoms with Gasteiger partial charge in [-0.15, -0.1) is 0 Å². The third kappa shape index (κ3) is 3.35. The first-order valence-electron chi connectivity index (χ1n) is 6.50. The number of hydrogen-bond donors (Lipinski definition) is 2. The molecule has 1 aromatic carbocycles. The molecule has 1 aromatic heterocycles. The quantitative estimate of drug-likeness (QED) is 0.902. The molecule has 0 aliphatic carbocycles. The van der Waals surface area contributed by atoms with Crippen molar-refractivity contribution >= 4 is 32.7 Å². The molecular weight excluding hydrogens is 320 g/mol. The molecule has 0 fully saturated rings. The van der Waals surface area contributed by atoms with Gasteiger partial charge in [0.25, 0.3) is 5.91 Å². The fourth-order valence-electron chi connectivity index (χ4n) is 2.09. The Morgan fingerprint density at radius 2 is 2.20 bits per heavy atom. The van der Waals surface area contributed by atoms with Crippen molar-refractivity contribution in [3.05, 3.63) is 40.0 Å². The van der Waals surface area contributed by atoms with Crippen LogP contribution in [0.1, 0.15) is 29.4 Å². The summed E-state index contributed by atoms with van der Waals surface area (Å²) in [6.45, 7) is 3.80. The second-order valence-electron chi connectivity index (χ2n) is 4.86. The van der Waals surface area contributed by atoms with Crippen LogP contribution in [0.15, 0.2) is 28.7 Å². The van der Waals surface area contributed by atoms with Gasteiger partial charge in [-0.2, -0.15) is 0 Å². The number of halogens is 1. The molecule has 106 valence electrons. The largest absolute Gasteiger partial charge is 0.396 e. The van der Waals surface area contributed by atoms with E-state index in [-0.39, 0.29) is 18.6 Å². The van der Waals surface area contributed by atoms with E-state index < -0.39 is 0 Å². The number of hydrogen-bond acceptors (Lipinski definition) is 3. The average Bonchev–Trinajstić information content (AvgIpc) is 2.38. The number of rotatable bonds is 4. The minimum Gasteiger partial charge on any atom is -0.396 e. The van der Waals surface area contributed by atoms with E-state index in [1.54, 1.807) is 6.07 Å². The smallest absolute Gasteiger partial charge is 0.252 e. The van der Waals surface area contributed by atoms with Crippen LogP contribution in [0, 0.1) is 6.92 Å². The van der Waals surface area contributed by atoms with Crippen molar-refractivity contribution in [2.45, 2.75) is 26.3 Å². The van der Waals surface area contributed by atoms with Gasteiger partial charge < -0.3 is 10.4 Å². The third-order valence-corrected chi connectivity index (χ3v) is 3.58. The van der Waals surface area contributed by atoms with Crippen LogP contribution in [0.5, 0.6) is 0 Å². The predicted molar refractivity (Wildman–Crippen MR) is 82.8 cm³/mol. The van der Waals surface area contributed by atoms with Crippen molar-refractivity contribution in [3.63, 3.8) is 0 Å². The van der Waals surface area contributed by atoms with Crippen molar-refractivity contribution in [2.75, 3.05) is 6.61 Å². The molecule has 1 unspecified atom stereocenters. The van der Waals surface area contributed by atoms with E-state index in [2.05, 4.69) is 26.2 Å². The highest BCUT2D eigenvalue weighted by Crippen LogP contribution is 2.23. The summed E-state index contributed by atoms with van der Waals surface area (Å²) in [5.74, 6) is -0.139. The maximum absolute atomic E-state index is 12.4. The van der Waals surface area contributed by atoms with Crippen LogP contribution in [-0.2, 0) is 0 Å². The van der Waals surface area contributed by atoms with Gasteiger partial charge in [0.05, 0.1) is 11.1 Å². The zero-order valence-corrected chi connectivity index (χ0v) is 13.1. The molecule has 1 amide bonds. The fourth-order valence-corrected chi connectivity index (χ4v) is 2.45. The van der Waals surface area contributed by atoms with Crippen LogP contribution in [0.25, 0.3) is 10.9 Å². The first kappa shape index (κ1) is 14.9. The molecule has 2 N–H and O–H groups in total. The Morgan fingerprint density at radius 3 is 2.90 bits per heavy atom. The number of benzene rings is 1. The third-order valence-electron chi connectivity index (χ3n) is 3.08. The van der Waals surface area contributed by atoms with Crippen molar-refractivity contribution in [3.8, 4) is 0 Å². The number of carbonyl (C=O) groups is 1. The van der Waals surface area contributed by atoms with E-state index in [0.717, 1.165) is 21.1 Å². The standard InChI is InChI=1S/C15H17BrN2O2/c1-9(5-6-19)18-15(20)13-7-10(2)17-14-4-3-11(16)8-12(13)14/h3-4,7-9,19H,5-6H2,1-2H3,(H,18,20). The molecule has 0 spiro atoms. The topological polar surface area (TPSA) is 62.2 Å². The fraction of sp³-hybridized carbons (Fsp3) is 0.333. The summed E-state index contributed by atoms with van der Waals surface area (Å²) in [6, 6.07) is 7.41. The van der Waals surface area contributed by atoms with Crippen LogP contribution in [0.3, 0.4) is 0 Å². The Labute approximate surface area is 126 Å². The van der Waals surface area contributed by atoms with Gasteiger partial charge >= 0.3 is 0 Å². The Balaban J connectivity index is 2.42. The normalized spacial score (nSPS) is 12.4. The highest BCUT2D eigenvalue weighted by Gasteiger charge is 2.14. The number of aliphatic hydroxyl groups is 1. The Hall–Kier alpha value is -1.46.